The van der Waals surface area contributed by atoms with Crippen molar-refractivity contribution in [2.45, 2.75) is 51.7 Å². The molecule has 3 aromatic heterocycles. The van der Waals surface area contributed by atoms with Gasteiger partial charge in [0.25, 0.3) is 17.7 Å². The number of carbonyl (C=O) groups excluding carboxylic acids is 5. The quantitative estimate of drug-likeness (QED) is 0.103. The lowest BCUT2D eigenvalue weighted by atomic mass is 10.1. The second-order valence-corrected chi connectivity index (χ2v) is 14.7. The van der Waals surface area contributed by atoms with Gasteiger partial charge in [-0.25, -0.2) is 9.78 Å². The second-order valence-electron chi connectivity index (χ2n) is 14.7. The van der Waals surface area contributed by atoms with Crippen LogP contribution in [0.25, 0.3) is 0 Å². The number of anilines is 3. The zero-order chi connectivity index (χ0) is 40.5. The zero-order valence-corrected chi connectivity index (χ0v) is 32.4. The summed E-state index contributed by atoms with van der Waals surface area (Å²) in [4.78, 5) is 75.4. The maximum absolute atomic E-state index is 13.2. The topological polar surface area (TPSA) is 192 Å². The first-order chi connectivity index (χ1) is 26.5. The lowest BCUT2D eigenvalue weighted by molar-refractivity contribution is -0.116. The first kappa shape index (κ1) is 39.1. The summed E-state index contributed by atoms with van der Waals surface area (Å²) in [7, 11) is 6.44. The number of benzene rings is 1. The summed E-state index contributed by atoms with van der Waals surface area (Å²) >= 11 is 0. The zero-order valence-electron chi connectivity index (χ0n) is 32.4. The van der Waals surface area contributed by atoms with Crippen molar-refractivity contribution in [2.24, 2.45) is 26.1 Å². The highest BCUT2D eigenvalue weighted by molar-refractivity contribution is 6.07. The van der Waals surface area contributed by atoms with Gasteiger partial charge in [0.2, 0.25) is 11.7 Å². The standard InChI is InChI=1S/C39H45N9O8/c1-22-12-25-17-40-27-16-31(30(54-8)15-26(27)37(52)48(25)18-22)55-11-9-10-33(49)43-32-21-47(7)34(44-32)36(51)42-23-13-28(45(5)19-23)35(50)41-24-14-29(46(6)20-24)38(53)56-39(2,3)4/h13-17,19-21,25H,1,9-12,18H2,2-8H3,(H,41,50)(H,42,51)(H,43,49)/t25-/m0/s1. The summed E-state index contributed by atoms with van der Waals surface area (Å²) in [5.41, 5.74) is 2.47. The number of hydrogen-bond acceptors (Lipinski definition) is 10. The number of imidazole rings is 1. The van der Waals surface area contributed by atoms with Crippen molar-refractivity contribution in [3.63, 3.8) is 0 Å². The predicted molar refractivity (Wildman–Crippen MR) is 208 cm³/mol. The Morgan fingerprint density at radius 1 is 0.893 bits per heavy atom. The Labute approximate surface area is 323 Å². The molecule has 0 saturated carbocycles. The molecule has 0 radical (unpaired) electrons. The number of esters is 1. The number of aromatic nitrogens is 4. The molecule has 1 fully saturated rings. The Morgan fingerprint density at radius 3 is 2.27 bits per heavy atom. The van der Waals surface area contributed by atoms with Gasteiger partial charge >= 0.3 is 5.97 Å². The molecule has 0 spiro atoms. The molecule has 2 aliphatic rings. The second kappa shape index (κ2) is 15.6. The van der Waals surface area contributed by atoms with Gasteiger partial charge in [-0.15, -0.1) is 0 Å². The van der Waals surface area contributed by atoms with Crippen LogP contribution in [0.3, 0.4) is 0 Å². The molecule has 4 aromatic rings. The number of aliphatic imine (C=N–C) groups is 1. The van der Waals surface area contributed by atoms with E-state index in [2.05, 4.69) is 32.5 Å². The Balaban J connectivity index is 1.000. The average molecular weight is 768 g/mol. The molecule has 17 nitrogen and oxygen atoms in total. The van der Waals surface area contributed by atoms with Crippen molar-refractivity contribution in [3.05, 3.63) is 77.8 Å². The molecule has 2 aliphatic heterocycles. The summed E-state index contributed by atoms with van der Waals surface area (Å²) in [6.45, 7) is 9.99. The monoisotopic (exact) mass is 767 g/mol. The van der Waals surface area contributed by atoms with E-state index in [1.807, 2.05) is 0 Å². The lowest BCUT2D eigenvalue weighted by Crippen LogP contribution is -2.35. The van der Waals surface area contributed by atoms with Gasteiger partial charge in [-0.3, -0.25) is 24.2 Å². The molecule has 4 amide bonds. The molecular weight excluding hydrogens is 722 g/mol. The lowest BCUT2D eigenvalue weighted by Gasteiger charge is -2.20. The highest BCUT2D eigenvalue weighted by Gasteiger charge is 2.34. The van der Waals surface area contributed by atoms with Gasteiger partial charge in [0.1, 0.15) is 17.0 Å². The SMILES string of the molecule is C=C1C[C@H]2C=Nc3cc(OCCCC(=O)Nc4cn(C)c(C(=O)Nc5cc(C(=O)Nc6cc(C(=O)OC(C)(C)C)n(C)c6)n(C)c5)n4)c(OC)cc3C(=O)N2C1. The van der Waals surface area contributed by atoms with E-state index in [9.17, 15) is 24.0 Å². The Hall–Kier alpha value is -6.65. The molecular formula is C39H45N9O8. The van der Waals surface area contributed by atoms with Gasteiger partial charge in [0.05, 0.1) is 42.4 Å². The van der Waals surface area contributed by atoms with Crippen LogP contribution in [-0.2, 0) is 30.7 Å². The number of nitrogens with one attached hydrogen (secondary N) is 3. The smallest absolute Gasteiger partial charge is 0.355 e. The van der Waals surface area contributed by atoms with Crippen molar-refractivity contribution < 1.29 is 38.2 Å². The molecule has 0 aliphatic carbocycles. The molecule has 1 aromatic carbocycles. The third kappa shape index (κ3) is 8.66. The maximum atomic E-state index is 13.2. The number of fused-ring (bicyclic) bond motifs is 2. The van der Waals surface area contributed by atoms with Crippen LogP contribution in [0.4, 0.5) is 22.9 Å². The fourth-order valence-corrected chi connectivity index (χ4v) is 6.37. The Kier molecular flexibility index (Phi) is 10.9. The molecule has 5 heterocycles. The summed E-state index contributed by atoms with van der Waals surface area (Å²) < 4.78 is 21.5. The van der Waals surface area contributed by atoms with Gasteiger partial charge in [-0.2, -0.15) is 0 Å². The van der Waals surface area contributed by atoms with Crippen molar-refractivity contribution in [1.82, 2.24) is 23.6 Å². The van der Waals surface area contributed by atoms with E-state index >= 15 is 0 Å². The summed E-state index contributed by atoms with van der Waals surface area (Å²) in [6, 6.07) is 6.19. The highest BCUT2D eigenvalue weighted by atomic mass is 16.6. The molecule has 6 rings (SSSR count). The number of amides is 4. The first-order valence-corrected chi connectivity index (χ1v) is 17.9. The number of aryl methyl sites for hydroxylation is 3. The molecule has 3 N–H and O–H groups in total. The average Bonchev–Trinajstić information content (AvgIpc) is 3.87. The first-order valence-electron chi connectivity index (χ1n) is 17.9. The van der Waals surface area contributed by atoms with E-state index in [4.69, 9.17) is 14.2 Å². The molecule has 0 unspecified atom stereocenters. The van der Waals surface area contributed by atoms with Crippen LogP contribution in [0, 0.1) is 0 Å². The van der Waals surface area contributed by atoms with Crippen LogP contribution in [0.1, 0.15) is 82.0 Å². The maximum Gasteiger partial charge on any atom is 0.355 e. The van der Waals surface area contributed by atoms with Gasteiger partial charge in [0.15, 0.2) is 17.3 Å². The minimum absolute atomic E-state index is 0.0271. The number of nitrogens with zero attached hydrogens (tertiary/aromatic N) is 6. The van der Waals surface area contributed by atoms with Crippen LogP contribution in [0.5, 0.6) is 11.5 Å². The minimum atomic E-state index is -0.674. The highest BCUT2D eigenvalue weighted by Crippen LogP contribution is 2.38. The largest absolute Gasteiger partial charge is 0.493 e. The predicted octanol–water partition coefficient (Wildman–Crippen LogP) is 4.85. The minimum Gasteiger partial charge on any atom is -0.493 e. The van der Waals surface area contributed by atoms with E-state index in [1.165, 1.54) is 30.0 Å². The van der Waals surface area contributed by atoms with E-state index in [0.29, 0.717) is 53.5 Å². The van der Waals surface area contributed by atoms with Crippen LogP contribution in [0.15, 0.2) is 60.0 Å². The van der Waals surface area contributed by atoms with Crippen molar-refractivity contribution in [1.29, 1.82) is 0 Å². The van der Waals surface area contributed by atoms with Crippen LogP contribution >= 0.6 is 0 Å². The van der Waals surface area contributed by atoms with Crippen LogP contribution in [-0.4, -0.2) is 91.3 Å². The van der Waals surface area contributed by atoms with Gasteiger partial charge in [-0.05, 0) is 51.8 Å². The summed E-state index contributed by atoms with van der Waals surface area (Å²) in [5, 5.41) is 8.21. The van der Waals surface area contributed by atoms with Crippen molar-refractivity contribution >= 4 is 58.7 Å². The van der Waals surface area contributed by atoms with Gasteiger partial charge in [-0.1, -0.05) is 12.2 Å². The summed E-state index contributed by atoms with van der Waals surface area (Å²) in [6.07, 6.45) is 7.58. The molecule has 56 heavy (non-hydrogen) atoms. The number of hydrogen-bond donors (Lipinski definition) is 3. The number of carbonyl (C=O) groups is 5. The number of ether oxygens (including phenoxy) is 3. The summed E-state index contributed by atoms with van der Waals surface area (Å²) in [5.74, 6) is -1.02. The van der Waals surface area contributed by atoms with E-state index in [1.54, 1.807) is 86.7 Å². The molecule has 1 saturated heterocycles. The van der Waals surface area contributed by atoms with Crippen molar-refractivity contribution in [3.8, 4) is 11.5 Å². The normalized spacial score (nSPS) is 14.8. The van der Waals surface area contributed by atoms with Crippen molar-refractivity contribution in [2.75, 3.05) is 36.2 Å². The van der Waals surface area contributed by atoms with Crippen LogP contribution in [0.2, 0.25) is 0 Å². The fraction of sp³-hybridized carbons (Fsp3) is 0.359. The van der Waals surface area contributed by atoms with E-state index in [0.717, 1.165) is 5.57 Å². The molecule has 17 heteroatoms. The number of rotatable bonds is 12. The van der Waals surface area contributed by atoms with Gasteiger partial charge in [0, 0.05) is 65.0 Å². The Bertz CT molecular complexity index is 2270. The van der Waals surface area contributed by atoms with Gasteiger partial charge < -0.3 is 48.8 Å². The molecule has 0 bridgehead atoms. The Morgan fingerprint density at radius 2 is 1.57 bits per heavy atom. The van der Waals surface area contributed by atoms with Crippen LogP contribution < -0.4 is 25.4 Å². The molecule has 294 valence electrons. The number of methoxy groups -OCH3 is 1. The van der Waals surface area contributed by atoms with E-state index in [-0.39, 0.29) is 53.9 Å². The molecule has 1 atom stereocenters. The fourth-order valence-electron chi connectivity index (χ4n) is 6.37. The third-order valence-corrected chi connectivity index (χ3v) is 8.97. The van der Waals surface area contributed by atoms with E-state index < -0.39 is 23.4 Å². The third-order valence-electron chi connectivity index (χ3n) is 8.97.